The normalized spacial score (nSPS) is 10.1. The van der Waals surface area contributed by atoms with E-state index in [4.69, 9.17) is 16.3 Å². The Bertz CT molecular complexity index is 348. The molecule has 0 aliphatic rings. The minimum atomic E-state index is 0.578. The summed E-state index contributed by atoms with van der Waals surface area (Å²) >= 11 is 6.03. The number of hydrogen-bond donors (Lipinski definition) is 0. The molecule has 0 N–H and O–H groups in total. The lowest BCUT2D eigenvalue weighted by Crippen LogP contribution is -1.94. The molecule has 82 valence electrons. The quantitative estimate of drug-likeness (QED) is 0.570. The number of ether oxygens (including phenoxy) is 1. The van der Waals surface area contributed by atoms with Crippen molar-refractivity contribution in [2.75, 3.05) is 7.11 Å². The van der Waals surface area contributed by atoms with Gasteiger partial charge in [-0.1, -0.05) is 11.6 Å². The topological polar surface area (TPSA) is 26.3 Å². The molecule has 1 rings (SSSR count). The van der Waals surface area contributed by atoms with Crippen LogP contribution in [0.2, 0.25) is 5.02 Å². The van der Waals surface area contributed by atoms with Crippen LogP contribution in [-0.4, -0.2) is 13.4 Å². The number of rotatable bonds is 5. The van der Waals surface area contributed by atoms with E-state index in [0.717, 1.165) is 41.0 Å². The zero-order chi connectivity index (χ0) is 11.3. The molecule has 0 unspecified atom stereocenters. The number of carbonyl (C=O) groups is 1. The lowest BCUT2D eigenvalue weighted by atomic mass is 10.1. The number of hydrogen-bond acceptors (Lipinski definition) is 2. The summed E-state index contributed by atoms with van der Waals surface area (Å²) in [5.74, 6) is 0.850. The van der Waals surface area contributed by atoms with Gasteiger partial charge in [0.15, 0.2) is 0 Å². The molecule has 0 aliphatic heterocycles. The van der Waals surface area contributed by atoms with Gasteiger partial charge in [0.05, 0.1) is 7.11 Å². The van der Waals surface area contributed by atoms with Crippen molar-refractivity contribution in [1.29, 1.82) is 0 Å². The molecule has 15 heavy (non-hydrogen) atoms. The molecule has 2 nitrogen and oxygen atoms in total. The van der Waals surface area contributed by atoms with Gasteiger partial charge in [0.25, 0.3) is 0 Å². The molecule has 0 aliphatic carbocycles. The summed E-state index contributed by atoms with van der Waals surface area (Å²) in [7, 11) is 1.64. The van der Waals surface area contributed by atoms with Crippen LogP contribution in [0.25, 0.3) is 0 Å². The van der Waals surface area contributed by atoms with E-state index in [1.165, 1.54) is 0 Å². The Morgan fingerprint density at radius 1 is 1.47 bits per heavy atom. The van der Waals surface area contributed by atoms with E-state index in [1.807, 2.05) is 19.1 Å². The van der Waals surface area contributed by atoms with Crippen molar-refractivity contribution in [2.45, 2.75) is 26.2 Å². The van der Waals surface area contributed by atoms with Gasteiger partial charge in [0, 0.05) is 11.4 Å². The second-order valence-corrected chi connectivity index (χ2v) is 3.88. The minimum Gasteiger partial charge on any atom is -0.496 e. The molecule has 0 saturated carbocycles. The van der Waals surface area contributed by atoms with Crippen LogP contribution < -0.4 is 4.74 Å². The van der Waals surface area contributed by atoms with Crippen LogP contribution >= 0.6 is 11.6 Å². The van der Waals surface area contributed by atoms with Gasteiger partial charge in [0.1, 0.15) is 12.0 Å². The first-order valence-electron chi connectivity index (χ1n) is 4.95. The third-order valence-corrected chi connectivity index (χ3v) is 2.74. The zero-order valence-electron chi connectivity index (χ0n) is 9.05. The lowest BCUT2D eigenvalue weighted by molar-refractivity contribution is -0.107. The van der Waals surface area contributed by atoms with E-state index < -0.39 is 0 Å². The largest absolute Gasteiger partial charge is 0.496 e. The highest BCUT2D eigenvalue weighted by molar-refractivity contribution is 6.31. The number of aldehydes is 1. The average Bonchev–Trinajstić information content (AvgIpc) is 2.23. The second kappa shape index (κ2) is 5.76. The smallest absolute Gasteiger partial charge is 0.122 e. The molecule has 0 heterocycles. The molecular formula is C12H15ClO2. The van der Waals surface area contributed by atoms with E-state index in [0.29, 0.717) is 6.42 Å². The average molecular weight is 227 g/mol. The Morgan fingerprint density at radius 2 is 2.20 bits per heavy atom. The Labute approximate surface area is 95.2 Å². The number of methoxy groups -OCH3 is 1. The summed E-state index contributed by atoms with van der Waals surface area (Å²) in [5, 5.41) is 0.747. The highest BCUT2D eigenvalue weighted by Gasteiger charge is 2.06. The summed E-state index contributed by atoms with van der Waals surface area (Å²) < 4.78 is 5.26. The maximum absolute atomic E-state index is 10.2. The molecule has 0 aromatic heterocycles. The minimum absolute atomic E-state index is 0.578. The van der Waals surface area contributed by atoms with Crippen molar-refractivity contribution < 1.29 is 9.53 Å². The Hall–Kier alpha value is -1.02. The highest BCUT2D eigenvalue weighted by atomic mass is 35.5. The van der Waals surface area contributed by atoms with Crippen molar-refractivity contribution in [1.82, 2.24) is 0 Å². The third-order valence-electron chi connectivity index (χ3n) is 2.33. The second-order valence-electron chi connectivity index (χ2n) is 3.47. The fraction of sp³-hybridized carbons (Fsp3) is 0.417. The molecule has 0 amide bonds. The van der Waals surface area contributed by atoms with Gasteiger partial charge in [-0.05, 0) is 43.0 Å². The molecule has 0 bridgehead atoms. The van der Waals surface area contributed by atoms with Crippen LogP contribution in [0.5, 0.6) is 5.75 Å². The molecule has 0 spiro atoms. The summed E-state index contributed by atoms with van der Waals surface area (Å²) in [6.45, 7) is 1.94. The molecule has 1 aromatic rings. The molecule has 0 radical (unpaired) electrons. The van der Waals surface area contributed by atoms with Crippen LogP contribution in [0.3, 0.4) is 0 Å². The molecule has 0 saturated heterocycles. The maximum atomic E-state index is 10.2. The predicted octanol–water partition coefficient (Wildman–Crippen LogP) is 3.18. The number of unbranched alkanes of at least 4 members (excludes halogenated alkanes) is 1. The van der Waals surface area contributed by atoms with Crippen molar-refractivity contribution in [2.24, 2.45) is 0 Å². The van der Waals surface area contributed by atoms with E-state index in [2.05, 4.69) is 0 Å². The number of benzene rings is 1. The van der Waals surface area contributed by atoms with Crippen molar-refractivity contribution >= 4 is 17.9 Å². The Kier molecular flexibility index (Phi) is 4.63. The van der Waals surface area contributed by atoms with E-state index in [1.54, 1.807) is 7.11 Å². The van der Waals surface area contributed by atoms with Crippen LogP contribution in [0, 0.1) is 6.92 Å². The Balaban J connectivity index is 2.84. The molecule has 3 heteroatoms. The van der Waals surface area contributed by atoms with Crippen molar-refractivity contribution in [3.8, 4) is 5.75 Å². The Morgan fingerprint density at radius 3 is 2.80 bits per heavy atom. The summed E-state index contributed by atoms with van der Waals surface area (Å²) in [6, 6.07) is 3.85. The van der Waals surface area contributed by atoms with Crippen molar-refractivity contribution in [3.05, 3.63) is 28.3 Å². The summed E-state index contributed by atoms with van der Waals surface area (Å²) in [6.07, 6.45) is 3.16. The summed E-state index contributed by atoms with van der Waals surface area (Å²) in [4.78, 5) is 10.2. The van der Waals surface area contributed by atoms with E-state index in [-0.39, 0.29) is 0 Å². The van der Waals surface area contributed by atoms with Gasteiger partial charge in [-0.3, -0.25) is 0 Å². The monoisotopic (exact) mass is 226 g/mol. The van der Waals surface area contributed by atoms with Gasteiger partial charge in [-0.25, -0.2) is 0 Å². The predicted molar refractivity (Wildman–Crippen MR) is 61.7 cm³/mol. The van der Waals surface area contributed by atoms with Crippen LogP contribution in [0.4, 0.5) is 0 Å². The fourth-order valence-corrected chi connectivity index (χ4v) is 1.64. The molecule has 0 fully saturated rings. The fourth-order valence-electron chi connectivity index (χ4n) is 1.46. The maximum Gasteiger partial charge on any atom is 0.122 e. The molecule has 0 atom stereocenters. The van der Waals surface area contributed by atoms with Crippen LogP contribution in [0.15, 0.2) is 12.1 Å². The first-order valence-corrected chi connectivity index (χ1v) is 5.33. The third kappa shape index (κ3) is 3.24. The number of halogens is 1. The SMILES string of the molecule is COc1cc(C)c(Cl)cc1CCCC=O. The number of aryl methyl sites for hydroxylation is 2. The lowest BCUT2D eigenvalue weighted by Gasteiger charge is -2.10. The van der Waals surface area contributed by atoms with Gasteiger partial charge in [-0.15, -0.1) is 0 Å². The zero-order valence-corrected chi connectivity index (χ0v) is 9.80. The van der Waals surface area contributed by atoms with Crippen LogP contribution in [-0.2, 0) is 11.2 Å². The first kappa shape index (κ1) is 12.1. The van der Waals surface area contributed by atoms with Gasteiger partial charge < -0.3 is 9.53 Å². The van der Waals surface area contributed by atoms with E-state index >= 15 is 0 Å². The first-order chi connectivity index (χ1) is 7.19. The summed E-state index contributed by atoms with van der Waals surface area (Å²) in [5.41, 5.74) is 2.07. The van der Waals surface area contributed by atoms with Gasteiger partial charge >= 0.3 is 0 Å². The van der Waals surface area contributed by atoms with E-state index in [9.17, 15) is 4.79 Å². The van der Waals surface area contributed by atoms with Crippen LogP contribution in [0.1, 0.15) is 24.0 Å². The highest BCUT2D eigenvalue weighted by Crippen LogP contribution is 2.27. The van der Waals surface area contributed by atoms with Gasteiger partial charge in [-0.2, -0.15) is 0 Å². The molecule has 1 aromatic carbocycles. The number of carbonyl (C=O) groups excluding carboxylic acids is 1. The molecular weight excluding hydrogens is 212 g/mol. The van der Waals surface area contributed by atoms with Gasteiger partial charge in [0.2, 0.25) is 0 Å². The van der Waals surface area contributed by atoms with Crippen molar-refractivity contribution in [3.63, 3.8) is 0 Å². The standard InChI is InChI=1S/C12H15ClO2/c1-9-7-12(15-2)10(8-11(9)13)5-3-4-6-14/h6-8H,3-5H2,1-2H3.